The molecule has 0 aliphatic carbocycles. The fourth-order valence-electron chi connectivity index (χ4n) is 4.69. The Morgan fingerprint density at radius 2 is 1.92 bits per heavy atom. The Kier molecular flexibility index (Phi) is 7.37. The molecular formula is C27H29F3N4O2. The Hall–Kier alpha value is -3.75. The van der Waals surface area contributed by atoms with Gasteiger partial charge in [0.15, 0.2) is 23.3 Å². The molecule has 0 saturated carbocycles. The van der Waals surface area contributed by atoms with Gasteiger partial charge in [-0.3, -0.25) is 0 Å². The molecule has 2 aliphatic rings. The summed E-state index contributed by atoms with van der Waals surface area (Å²) in [6.45, 7) is 2.85. The number of fused-ring (bicyclic) bond motifs is 1. The van der Waals surface area contributed by atoms with Crippen molar-refractivity contribution in [2.45, 2.75) is 39.7 Å². The van der Waals surface area contributed by atoms with Gasteiger partial charge in [-0.25, -0.2) is 18.2 Å². The first-order chi connectivity index (χ1) is 16.9. The zero-order valence-electron chi connectivity index (χ0n) is 19.5. The van der Waals surface area contributed by atoms with E-state index in [1.807, 2.05) is 46.9 Å². The molecule has 1 saturated heterocycles. The molecule has 5 rings (SSSR count). The molecule has 6 nitrogen and oxygen atoms in total. The second kappa shape index (κ2) is 10.5. The van der Waals surface area contributed by atoms with Crippen molar-refractivity contribution in [3.8, 4) is 11.4 Å². The average molecular weight is 499 g/mol. The first kappa shape index (κ1) is 25.3. The first-order valence-corrected chi connectivity index (χ1v) is 11.5. The minimum atomic E-state index is -1.46. The largest absolute Gasteiger partial charge is 0.495 e. The highest BCUT2D eigenvalue weighted by molar-refractivity contribution is 6.02. The molecular weight excluding hydrogens is 469 g/mol. The summed E-state index contributed by atoms with van der Waals surface area (Å²) >= 11 is 0. The number of halogens is 3. The van der Waals surface area contributed by atoms with Crippen molar-refractivity contribution in [2.24, 2.45) is 5.16 Å². The molecule has 1 atom stereocenters. The van der Waals surface area contributed by atoms with Crippen LogP contribution in [0.3, 0.4) is 0 Å². The molecule has 0 amide bonds. The minimum absolute atomic E-state index is 0. The molecule has 9 heteroatoms. The van der Waals surface area contributed by atoms with Crippen LogP contribution in [0.25, 0.3) is 11.8 Å². The van der Waals surface area contributed by atoms with Gasteiger partial charge in [0, 0.05) is 19.2 Å². The van der Waals surface area contributed by atoms with E-state index < -0.39 is 17.5 Å². The number of aromatic nitrogens is 2. The maximum atomic E-state index is 14.0. The van der Waals surface area contributed by atoms with Gasteiger partial charge in [-0.1, -0.05) is 18.6 Å². The van der Waals surface area contributed by atoms with Gasteiger partial charge in [-0.15, -0.1) is 0 Å². The number of amidine groups is 1. The van der Waals surface area contributed by atoms with Crippen LogP contribution < -0.4 is 4.74 Å². The number of piperidine rings is 1. The lowest BCUT2D eigenvalue weighted by Gasteiger charge is -2.36. The number of nitrogens with zero attached hydrogens (tertiary/aromatic N) is 4. The summed E-state index contributed by atoms with van der Waals surface area (Å²) in [4.78, 5) is 11.8. The van der Waals surface area contributed by atoms with Crippen molar-refractivity contribution in [1.82, 2.24) is 14.5 Å². The lowest BCUT2D eigenvalue weighted by molar-refractivity contribution is 0.140. The van der Waals surface area contributed by atoms with E-state index in [1.54, 1.807) is 13.4 Å². The van der Waals surface area contributed by atoms with E-state index in [4.69, 9.17) is 9.57 Å². The standard InChI is InChI=1S/C26H25F3N4O2.CH4/c1-16-14-32(15-30-16)23-6-5-17(11-24(23)34-2)10-18-4-3-8-33-22(7-9-35-31-26(18)33)19-12-20(27)25(29)21(28)13-19;/h5-6,10-15,22H,3-4,7-9H2,1-2H3;1H4/b18-10+;/t22-;/m0./s1. The van der Waals surface area contributed by atoms with Crippen LogP contribution in [0, 0.1) is 24.4 Å². The second-order valence-electron chi connectivity index (χ2n) is 8.67. The van der Waals surface area contributed by atoms with Crippen LogP contribution in [0.4, 0.5) is 13.2 Å². The SMILES string of the molecule is C.COc1cc(/C=C2\CCCN3C2=NOCC[C@H]3c2cc(F)c(F)c(F)c2)ccc1-n1cnc(C)c1. The highest BCUT2D eigenvalue weighted by Crippen LogP contribution is 2.35. The van der Waals surface area contributed by atoms with Gasteiger partial charge >= 0.3 is 0 Å². The number of benzene rings is 2. The Morgan fingerprint density at radius 1 is 1.14 bits per heavy atom. The highest BCUT2D eigenvalue weighted by Gasteiger charge is 2.32. The van der Waals surface area contributed by atoms with Crippen LogP contribution >= 0.6 is 0 Å². The van der Waals surface area contributed by atoms with Crippen molar-refractivity contribution >= 4 is 11.9 Å². The molecule has 3 heterocycles. The maximum absolute atomic E-state index is 14.0. The van der Waals surface area contributed by atoms with E-state index in [0.29, 0.717) is 30.1 Å². The quantitative estimate of drug-likeness (QED) is 0.402. The van der Waals surface area contributed by atoms with Crippen molar-refractivity contribution < 1.29 is 22.7 Å². The molecule has 0 unspecified atom stereocenters. The van der Waals surface area contributed by atoms with E-state index in [-0.39, 0.29) is 20.1 Å². The van der Waals surface area contributed by atoms with E-state index in [0.717, 1.165) is 47.5 Å². The molecule has 2 aromatic carbocycles. The molecule has 36 heavy (non-hydrogen) atoms. The number of oxime groups is 1. The normalized spacial score (nSPS) is 18.6. The number of aryl methyl sites for hydroxylation is 1. The van der Waals surface area contributed by atoms with Crippen molar-refractivity contribution in [1.29, 1.82) is 0 Å². The topological polar surface area (TPSA) is 51.9 Å². The van der Waals surface area contributed by atoms with Crippen molar-refractivity contribution in [2.75, 3.05) is 20.3 Å². The number of hydrogen-bond acceptors (Lipinski definition) is 5. The fraction of sp³-hybridized carbons (Fsp3) is 0.333. The Bertz CT molecular complexity index is 1300. The first-order valence-electron chi connectivity index (χ1n) is 11.5. The predicted octanol–water partition coefficient (Wildman–Crippen LogP) is 6.20. The average Bonchev–Trinajstić information content (AvgIpc) is 3.16. The van der Waals surface area contributed by atoms with Crippen LogP contribution in [0.1, 0.15) is 49.6 Å². The Balaban J connectivity index is 0.00000304. The molecule has 1 fully saturated rings. The summed E-state index contributed by atoms with van der Waals surface area (Å²) in [5.41, 5.74) is 4.00. The van der Waals surface area contributed by atoms with Gasteiger partial charge in [0.05, 0.1) is 30.9 Å². The maximum Gasteiger partial charge on any atom is 0.194 e. The zero-order valence-corrected chi connectivity index (χ0v) is 19.5. The van der Waals surface area contributed by atoms with Crippen LogP contribution in [-0.4, -0.2) is 40.5 Å². The zero-order chi connectivity index (χ0) is 24.5. The molecule has 2 aliphatic heterocycles. The number of methoxy groups -OCH3 is 1. The summed E-state index contributed by atoms with van der Waals surface area (Å²) in [5, 5.41) is 4.34. The highest BCUT2D eigenvalue weighted by atomic mass is 19.2. The van der Waals surface area contributed by atoms with E-state index in [2.05, 4.69) is 10.1 Å². The van der Waals surface area contributed by atoms with E-state index >= 15 is 0 Å². The molecule has 1 aromatic heterocycles. The van der Waals surface area contributed by atoms with E-state index in [1.165, 1.54) is 0 Å². The van der Waals surface area contributed by atoms with Gasteiger partial charge in [0.1, 0.15) is 12.4 Å². The summed E-state index contributed by atoms with van der Waals surface area (Å²) in [6, 6.07) is 7.63. The molecule has 3 aromatic rings. The van der Waals surface area contributed by atoms with Gasteiger partial charge in [-0.2, -0.15) is 0 Å². The van der Waals surface area contributed by atoms with Crippen LogP contribution in [-0.2, 0) is 4.84 Å². The molecule has 190 valence electrons. The summed E-state index contributed by atoms with van der Waals surface area (Å²) in [6.07, 6.45) is 7.75. The van der Waals surface area contributed by atoms with Crippen molar-refractivity contribution in [3.05, 3.63) is 82.7 Å². The molecule has 0 N–H and O–H groups in total. The summed E-state index contributed by atoms with van der Waals surface area (Å²) in [5.74, 6) is -2.54. The lowest BCUT2D eigenvalue weighted by atomic mass is 9.95. The fourth-order valence-corrected chi connectivity index (χ4v) is 4.69. The summed E-state index contributed by atoms with van der Waals surface area (Å²) in [7, 11) is 1.62. The third-order valence-electron chi connectivity index (χ3n) is 6.34. The number of hydrogen-bond donors (Lipinski definition) is 0. The molecule has 0 spiro atoms. The van der Waals surface area contributed by atoms with Gasteiger partial charge in [0.2, 0.25) is 0 Å². The van der Waals surface area contributed by atoms with Crippen LogP contribution in [0.2, 0.25) is 0 Å². The summed E-state index contributed by atoms with van der Waals surface area (Å²) < 4.78 is 49.1. The smallest absolute Gasteiger partial charge is 0.194 e. The van der Waals surface area contributed by atoms with Gasteiger partial charge in [0.25, 0.3) is 0 Å². The predicted molar refractivity (Wildman–Crippen MR) is 133 cm³/mol. The number of ether oxygens (including phenoxy) is 1. The minimum Gasteiger partial charge on any atom is -0.495 e. The van der Waals surface area contributed by atoms with Gasteiger partial charge < -0.3 is 19.0 Å². The van der Waals surface area contributed by atoms with Crippen molar-refractivity contribution in [3.63, 3.8) is 0 Å². The van der Waals surface area contributed by atoms with Crippen LogP contribution in [0.5, 0.6) is 5.75 Å². The van der Waals surface area contributed by atoms with Gasteiger partial charge in [-0.05, 0) is 66.8 Å². The van der Waals surface area contributed by atoms with E-state index in [9.17, 15) is 13.2 Å². The molecule has 0 radical (unpaired) electrons. The second-order valence-corrected chi connectivity index (χ2v) is 8.67. The monoisotopic (exact) mass is 498 g/mol. The lowest BCUT2D eigenvalue weighted by Crippen LogP contribution is -2.39. The number of rotatable bonds is 4. The third kappa shape index (κ3) is 4.82. The Labute approximate surface area is 208 Å². The van der Waals surface area contributed by atoms with Crippen LogP contribution in [0.15, 0.2) is 53.6 Å². The Morgan fingerprint density at radius 3 is 2.61 bits per heavy atom. The molecule has 0 bridgehead atoms. The number of imidazole rings is 1. The third-order valence-corrected chi connectivity index (χ3v) is 6.34.